The van der Waals surface area contributed by atoms with Crippen LogP contribution >= 0.6 is 0 Å². The number of likely N-dealkylation sites (tertiary alicyclic amines) is 1. The van der Waals surface area contributed by atoms with Crippen molar-refractivity contribution in [2.45, 2.75) is 31.3 Å². The van der Waals surface area contributed by atoms with Gasteiger partial charge in [-0.3, -0.25) is 9.59 Å². The lowest BCUT2D eigenvalue weighted by atomic mass is 9.96. The van der Waals surface area contributed by atoms with E-state index in [4.69, 9.17) is 5.11 Å². The number of aliphatic carboxylic acids is 1. The molecule has 1 heterocycles. The molecule has 0 spiro atoms. The van der Waals surface area contributed by atoms with Gasteiger partial charge in [-0.1, -0.05) is 18.2 Å². The Bertz CT molecular complexity index is 607. The first-order valence-corrected chi connectivity index (χ1v) is 7.37. The zero-order valence-electron chi connectivity index (χ0n) is 12.8. The van der Waals surface area contributed by atoms with Crippen LogP contribution in [0.15, 0.2) is 30.3 Å². The minimum absolute atomic E-state index is 0.298. The first kappa shape index (κ1) is 16.9. The molecule has 2 N–H and O–H groups in total. The molecule has 0 radical (unpaired) electrons. The smallest absolute Gasteiger partial charge is 0.328 e. The molecule has 1 aromatic rings. The standard InChI is InChI=1S/C16H19FN2O4/c1-16(15(23)18-12(10-17)14(21)22)8-5-9-19(16)13(20)11-6-3-2-4-7-11/h2-4,6-7,12H,5,8-10H2,1H3,(H,18,23)(H,21,22). The fraction of sp³-hybridized carbons (Fsp3) is 0.438. The molecule has 2 atom stereocenters. The number of benzene rings is 1. The van der Waals surface area contributed by atoms with Crippen molar-refractivity contribution in [1.82, 2.24) is 10.2 Å². The Morgan fingerprint density at radius 3 is 2.57 bits per heavy atom. The third-order valence-electron chi connectivity index (χ3n) is 4.15. The van der Waals surface area contributed by atoms with Gasteiger partial charge in [0.15, 0.2) is 6.04 Å². The van der Waals surface area contributed by atoms with Crippen LogP contribution in [-0.4, -0.2) is 52.6 Å². The second-order valence-corrected chi connectivity index (χ2v) is 5.72. The number of halogens is 1. The largest absolute Gasteiger partial charge is 0.480 e. The van der Waals surface area contributed by atoms with Crippen LogP contribution in [0.25, 0.3) is 0 Å². The van der Waals surface area contributed by atoms with Crippen molar-refractivity contribution >= 4 is 17.8 Å². The maximum Gasteiger partial charge on any atom is 0.328 e. The normalized spacial score (nSPS) is 21.7. The van der Waals surface area contributed by atoms with Crippen molar-refractivity contribution in [3.05, 3.63) is 35.9 Å². The van der Waals surface area contributed by atoms with Gasteiger partial charge in [-0.2, -0.15) is 0 Å². The van der Waals surface area contributed by atoms with E-state index in [-0.39, 0.29) is 5.91 Å². The van der Waals surface area contributed by atoms with Gasteiger partial charge >= 0.3 is 5.97 Å². The summed E-state index contributed by atoms with van der Waals surface area (Å²) in [6.07, 6.45) is 1.02. The highest BCUT2D eigenvalue weighted by atomic mass is 19.1. The van der Waals surface area contributed by atoms with Crippen LogP contribution < -0.4 is 5.32 Å². The van der Waals surface area contributed by atoms with Gasteiger partial charge < -0.3 is 15.3 Å². The molecule has 124 valence electrons. The summed E-state index contributed by atoms with van der Waals surface area (Å²) in [6.45, 7) is 0.766. The van der Waals surface area contributed by atoms with Crippen molar-refractivity contribution in [3.8, 4) is 0 Å². The molecule has 1 aliphatic heterocycles. The van der Waals surface area contributed by atoms with Crippen LogP contribution in [0.2, 0.25) is 0 Å². The molecule has 1 aromatic carbocycles. The van der Waals surface area contributed by atoms with Crippen LogP contribution in [0.4, 0.5) is 4.39 Å². The number of amides is 2. The third-order valence-corrected chi connectivity index (χ3v) is 4.15. The second-order valence-electron chi connectivity index (χ2n) is 5.72. The Morgan fingerprint density at radius 2 is 2.00 bits per heavy atom. The molecule has 6 nitrogen and oxygen atoms in total. The average Bonchev–Trinajstić information content (AvgIpc) is 2.95. The number of nitrogens with zero attached hydrogens (tertiary/aromatic N) is 1. The van der Waals surface area contributed by atoms with E-state index in [9.17, 15) is 18.8 Å². The molecule has 2 rings (SSSR count). The van der Waals surface area contributed by atoms with Crippen LogP contribution in [-0.2, 0) is 9.59 Å². The summed E-state index contributed by atoms with van der Waals surface area (Å²) in [6, 6.07) is 6.94. The Hall–Kier alpha value is -2.44. The first-order valence-electron chi connectivity index (χ1n) is 7.37. The number of hydrogen-bond donors (Lipinski definition) is 2. The van der Waals surface area contributed by atoms with Gasteiger partial charge in [0, 0.05) is 12.1 Å². The second kappa shape index (κ2) is 6.76. The molecule has 1 saturated heterocycles. The van der Waals surface area contributed by atoms with Crippen molar-refractivity contribution in [1.29, 1.82) is 0 Å². The summed E-state index contributed by atoms with van der Waals surface area (Å²) in [7, 11) is 0. The van der Waals surface area contributed by atoms with E-state index in [2.05, 4.69) is 5.32 Å². The maximum atomic E-state index is 12.7. The van der Waals surface area contributed by atoms with Gasteiger partial charge in [0.2, 0.25) is 5.91 Å². The number of rotatable bonds is 5. The summed E-state index contributed by atoms with van der Waals surface area (Å²) in [5.41, 5.74) is -0.732. The van der Waals surface area contributed by atoms with E-state index in [0.717, 1.165) is 0 Å². The molecule has 23 heavy (non-hydrogen) atoms. The van der Waals surface area contributed by atoms with Gasteiger partial charge in [0.05, 0.1) is 0 Å². The quantitative estimate of drug-likeness (QED) is 0.853. The Balaban J connectivity index is 2.20. The van der Waals surface area contributed by atoms with Gasteiger partial charge in [0.25, 0.3) is 5.91 Å². The van der Waals surface area contributed by atoms with Crippen molar-refractivity contribution < 1.29 is 23.9 Å². The van der Waals surface area contributed by atoms with Gasteiger partial charge in [0.1, 0.15) is 12.2 Å². The fourth-order valence-corrected chi connectivity index (χ4v) is 2.74. The number of carbonyl (C=O) groups excluding carboxylic acids is 2. The predicted molar refractivity (Wildman–Crippen MR) is 80.7 cm³/mol. The molecule has 1 fully saturated rings. The Kier molecular flexibility index (Phi) is 4.98. The molecule has 1 aliphatic rings. The molecular weight excluding hydrogens is 303 g/mol. The lowest BCUT2D eigenvalue weighted by Crippen LogP contribution is -2.58. The molecule has 0 aromatic heterocycles. The summed E-state index contributed by atoms with van der Waals surface area (Å²) in [5.74, 6) is -2.39. The summed E-state index contributed by atoms with van der Waals surface area (Å²) in [5, 5.41) is 11.0. The van der Waals surface area contributed by atoms with E-state index < -0.39 is 30.1 Å². The van der Waals surface area contributed by atoms with Crippen molar-refractivity contribution in [3.63, 3.8) is 0 Å². The van der Waals surface area contributed by atoms with E-state index in [1.165, 1.54) is 4.90 Å². The number of nitrogens with one attached hydrogen (secondary N) is 1. The van der Waals surface area contributed by atoms with Crippen LogP contribution in [0.1, 0.15) is 30.1 Å². The van der Waals surface area contributed by atoms with Gasteiger partial charge in [-0.25, -0.2) is 9.18 Å². The SMILES string of the molecule is CC1(C(=O)NC(CF)C(=O)O)CCCN1C(=O)c1ccccc1. The van der Waals surface area contributed by atoms with Gasteiger partial charge in [-0.05, 0) is 31.9 Å². The first-order chi connectivity index (χ1) is 10.9. The fourth-order valence-electron chi connectivity index (χ4n) is 2.74. The molecule has 7 heteroatoms. The van der Waals surface area contributed by atoms with E-state index in [1.54, 1.807) is 37.3 Å². The highest BCUT2D eigenvalue weighted by molar-refractivity contribution is 6.00. The number of carboxylic acid groups (broad SMARTS) is 1. The number of alkyl halides is 1. The number of carbonyl (C=O) groups is 3. The summed E-state index contributed by atoms with van der Waals surface area (Å²) < 4.78 is 12.7. The minimum atomic E-state index is -1.60. The molecule has 2 unspecified atom stereocenters. The predicted octanol–water partition coefficient (Wildman–Crippen LogP) is 1.22. The van der Waals surface area contributed by atoms with Gasteiger partial charge in [-0.15, -0.1) is 0 Å². The van der Waals surface area contributed by atoms with Crippen LogP contribution in [0.3, 0.4) is 0 Å². The molecule has 2 amide bonds. The van der Waals surface area contributed by atoms with E-state index >= 15 is 0 Å². The minimum Gasteiger partial charge on any atom is -0.480 e. The maximum absolute atomic E-state index is 12.7. The monoisotopic (exact) mass is 322 g/mol. The third kappa shape index (κ3) is 3.33. The van der Waals surface area contributed by atoms with Crippen LogP contribution in [0.5, 0.6) is 0 Å². The topological polar surface area (TPSA) is 86.7 Å². The summed E-state index contributed by atoms with van der Waals surface area (Å²) in [4.78, 5) is 37.4. The lowest BCUT2D eigenvalue weighted by molar-refractivity contribution is -0.144. The molecular formula is C16H19FN2O4. The zero-order chi connectivity index (χ0) is 17.0. The lowest BCUT2D eigenvalue weighted by Gasteiger charge is -2.34. The highest BCUT2D eigenvalue weighted by Gasteiger charge is 2.46. The number of hydrogen-bond acceptors (Lipinski definition) is 3. The van der Waals surface area contributed by atoms with Crippen LogP contribution in [0, 0.1) is 0 Å². The Labute approximate surface area is 133 Å². The van der Waals surface area contributed by atoms with E-state index in [1.807, 2.05) is 0 Å². The molecule has 0 saturated carbocycles. The zero-order valence-corrected chi connectivity index (χ0v) is 12.8. The Morgan fingerprint density at radius 1 is 1.35 bits per heavy atom. The highest BCUT2D eigenvalue weighted by Crippen LogP contribution is 2.31. The van der Waals surface area contributed by atoms with Crippen molar-refractivity contribution in [2.75, 3.05) is 13.2 Å². The average molecular weight is 322 g/mol. The van der Waals surface area contributed by atoms with Crippen molar-refractivity contribution in [2.24, 2.45) is 0 Å². The molecule has 0 bridgehead atoms. The summed E-state index contributed by atoms with van der Waals surface area (Å²) >= 11 is 0. The van der Waals surface area contributed by atoms with E-state index in [0.29, 0.717) is 24.9 Å². The number of carboxylic acids is 1. The molecule has 0 aliphatic carbocycles.